The maximum atomic E-state index is 4.34. The standard InChI is InChI=1S/C12H14N4S/c1-13-11-7-14-8-12(16-11)15-9-3-5-10(17-2)6-4-9/h3-8H,1-2H3,(H2,13,15,16). The van der Waals surface area contributed by atoms with Gasteiger partial charge in [0.15, 0.2) is 5.82 Å². The van der Waals surface area contributed by atoms with Gasteiger partial charge in [0.1, 0.15) is 5.82 Å². The van der Waals surface area contributed by atoms with Crippen molar-refractivity contribution in [1.29, 1.82) is 0 Å². The number of benzene rings is 1. The molecule has 4 nitrogen and oxygen atoms in total. The molecule has 0 spiro atoms. The minimum absolute atomic E-state index is 0.730. The van der Waals surface area contributed by atoms with Gasteiger partial charge in [-0.15, -0.1) is 11.8 Å². The molecule has 0 aliphatic heterocycles. The van der Waals surface area contributed by atoms with E-state index in [4.69, 9.17) is 0 Å². The molecular formula is C12H14N4S. The number of anilines is 3. The van der Waals surface area contributed by atoms with Crippen LogP contribution in [0.3, 0.4) is 0 Å². The molecular weight excluding hydrogens is 232 g/mol. The summed E-state index contributed by atoms with van der Waals surface area (Å²) in [6, 6.07) is 8.20. The summed E-state index contributed by atoms with van der Waals surface area (Å²) in [5.41, 5.74) is 1.00. The molecule has 1 aromatic carbocycles. The van der Waals surface area contributed by atoms with Gasteiger partial charge in [0.2, 0.25) is 0 Å². The highest BCUT2D eigenvalue weighted by atomic mass is 32.2. The Balaban J connectivity index is 2.13. The molecule has 2 rings (SSSR count). The average molecular weight is 246 g/mol. The highest BCUT2D eigenvalue weighted by molar-refractivity contribution is 7.98. The van der Waals surface area contributed by atoms with Crippen LogP contribution < -0.4 is 10.6 Å². The lowest BCUT2D eigenvalue weighted by Gasteiger charge is -2.07. The van der Waals surface area contributed by atoms with Crippen LogP contribution >= 0.6 is 11.8 Å². The second kappa shape index (κ2) is 5.54. The summed E-state index contributed by atoms with van der Waals surface area (Å²) >= 11 is 1.72. The van der Waals surface area contributed by atoms with Crippen LogP contribution in [0, 0.1) is 0 Å². The lowest BCUT2D eigenvalue weighted by atomic mass is 10.3. The van der Waals surface area contributed by atoms with Gasteiger partial charge in [0.25, 0.3) is 0 Å². The van der Waals surface area contributed by atoms with Gasteiger partial charge in [-0.1, -0.05) is 0 Å². The maximum absolute atomic E-state index is 4.34. The zero-order chi connectivity index (χ0) is 12.1. The Morgan fingerprint density at radius 1 is 1.06 bits per heavy atom. The van der Waals surface area contributed by atoms with Crippen LogP contribution in [0.2, 0.25) is 0 Å². The zero-order valence-corrected chi connectivity index (χ0v) is 10.6. The lowest BCUT2D eigenvalue weighted by molar-refractivity contribution is 1.18. The molecule has 88 valence electrons. The minimum atomic E-state index is 0.730. The summed E-state index contributed by atoms with van der Waals surface area (Å²) in [5, 5.41) is 6.16. The Morgan fingerprint density at radius 2 is 1.76 bits per heavy atom. The highest BCUT2D eigenvalue weighted by Gasteiger charge is 1.98. The molecule has 1 heterocycles. The van der Waals surface area contributed by atoms with E-state index in [0.29, 0.717) is 0 Å². The van der Waals surface area contributed by atoms with E-state index in [-0.39, 0.29) is 0 Å². The van der Waals surface area contributed by atoms with Crippen molar-refractivity contribution in [3.63, 3.8) is 0 Å². The van der Waals surface area contributed by atoms with Crippen LogP contribution in [0.5, 0.6) is 0 Å². The van der Waals surface area contributed by atoms with Gasteiger partial charge in [0, 0.05) is 17.6 Å². The summed E-state index contributed by atoms with van der Waals surface area (Å²) in [7, 11) is 1.82. The van der Waals surface area contributed by atoms with Crippen molar-refractivity contribution in [2.75, 3.05) is 23.9 Å². The molecule has 2 N–H and O–H groups in total. The molecule has 0 atom stereocenters. The van der Waals surface area contributed by atoms with E-state index in [0.717, 1.165) is 17.3 Å². The van der Waals surface area contributed by atoms with Crippen molar-refractivity contribution < 1.29 is 0 Å². The van der Waals surface area contributed by atoms with Gasteiger partial charge < -0.3 is 10.6 Å². The lowest BCUT2D eigenvalue weighted by Crippen LogP contribution is -1.98. The normalized spacial score (nSPS) is 10.0. The van der Waals surface area contributed by atoms with Crippen LogP contribution in [-0.4, -0.2) is 23.3 Å². The molecule has 0 aliphatic rings. The molecule has 1 aromatic heterocycles. The fraction of sp³-hybridized carbons (Fsp3) is 0.167. The van der Waals surface area contributed by atoms with Crippen molar-refractivity contribution in [3.05, 3.63) is 36.7 Å². The number of nitrogens with one attached hydrogen (secondary N) is 2. The van der Waals surface area contributed by atoms with E-state index < -0.39 is 0 Å². The first-order chi connectivity index (χ1) is 8.31. The van der Waals surface area contributed by atoms with E-state index in [1.54, 1.807) is 24.2 Å². The molecule has 0 radical (unpaired) electrons. The van der Waals surface area contributed by atoms with E-state index in [1.165, 1.54) is 4.90 Å². The third kappa shape index (κ3) is 3.10. The summed E-state index contributed by atoms with van der Waals surface area (Å²) < 4.78 is 0. The number of hydrogen-bond acceptors (Lipinski definition) is 5. The second-order valence-electron chi connectivity index (χ2n) is 3.39. The summed E-state index contributed by atoms with van der Waals surface area (Å²) in [4.78, 5) is 9.67. The van der Waals surface area contributed by atoms with Crippen molar-refractivity contribution in [2.45, 2.75) is 4.90 Å². The number of rotatable bonds is 4. The fourth-order valence-corrected chi connectivity index (χ4v) is 1.78. The molecule has 0 saturated carbocycles. The topological polar surface area (TPSA) is 49.8 Å². The number of aromatic nitrogens is 2. The minimum Gasteiger partial charge on any atom is -0.372 e. The zero-order valence-electron chi connectivity index (χ0n) is 9.77. The van der Waals surface area contributed by atoms with Crippen molar-refractivity contribution in [3.8, 4) is 0 Å². The number of nitrogens with zero attached hydrogens (tertiary/aromatic N) is 2. The smallest absolute Gasteiger partial charge is 0.151 e. The fourth-order valence-electron chi connectivity index (χ4n) is 1.37. The molecule has 2 aromatic rings. The van der Waals surface area contributed by atoms with Crippen molar-refractivity contribution in [1.82, 2.24) is 9.97 Å². The summed E-state index contributed by atoms with van der Waals surface area (Å²) in [6.45, 7) is 0. The van der Waals surface area contributed by atoms with E-state index in [1.807, 2.05) is 19.2 Å². The largest absolute Gasteiger partial charge is 0.372 e. The quantitative estimate of drug-likeness (QED) is 0.812. The Hall–Kier alpha value is -1.75. The first kappa shape index (κ1) is 11.7. The van der Waals surface area contributed by atoms with E-state index in [2.05, 4.69) is 39.0 Å². The van der Waals surface area contributed by atoms with Gasteiger partial charge in [0.05, 0.1) is 12.4 Å². The van der Waals surface area contributed by atoms with Gasteiger partial charge in [-0.25, -0.2) is 4.98 Å². The molecule has 5 heteroatoms. The van der Waals surface area contributed by atoms with Crippen molar-refractivity contribution >= 4 is 29.1 Å². The van der Waals surface area contributed by atoms with Crippen molar-refractivity contribution in [2.24, 2.45) is 0 Å². The van der Waals surface area contributed by atoms with E-state index in [9.17, 15) is 0 Å². The van der Waals surface area contributed by atoms with Gasteiger partial charge >= 0.3 is 0 Å². The maximum Gasteiger partial charge on any atom is 0.151 e. The van der Waals surface area contributed by atoms with Gasteiger partial charge in [-0.05, 0) is 30.5 Å². The van der Waals surface area contributed by atoms with Crippen LogP contribution in [-0.2, 0) is 0 Å². The third-order valence-corrected chi connectivity index (χ3v) is 3.00. The molecule has 0 unspecified atom stereocenters. The SMILES string of the molecule is CNc1cncc(Nc2ccc(SC)cc2)n1. The average Bonchev–Trinajstić information content (AvgIpc) is 2.40. The number of thioether (sulfide) groups is 1. The Kier molecular flexibility index (Phi) is 3.82. The van der Waals surface area contributed by atoms with Crippen LogP contribution in [0.15, 0.2) is 41.6 Å². The predicted octanol–water partition coefficient (Wildman–Crippen LogP) is 2.98. The van der Waals surface area contributed by atoms with Crippen LogP contribution in [0.25, 0.3) is 0 Å². The molecule has 0 aliphatic carbocycles. The predicted molar refractivity (Wildman–Crippen MR) is 73.1 cm³/mol. The Bertz CT molecular complexity index is 484. The van der Waals surface area contributed by atoms with Gasteiger partial charge in [-0.3, -0.25) is 4.98 Å². The van der Waals surface area contributed by atoms with Crippen LogP contribution in [0.4, 0.5) is 17.3 Å². The Morgan fingerprint density at radius 3 is 2.41 bits per heavy atom. The molecule has 0 amide bonds. The summed E-state index contributed by atoms with van der Waals surface area (Å²) in [6.07, 6.45) is 5.44. The first-order valence-electron chi connectivity index (χ1n) is 5.22. The monoisotopic (exact) mass is 246 g/mol. The molecule has 0 fully saturated rings. The molecule has 0 saturated heterocycles. The molecule has 17 heavy (non-hydrogen) atoms. The number of hydrogen-bond donors (Lipinski definition) is 2. The molecule has 0 bridgehead atoms. The first-order valence-corrected chi connectivity index (χ1v) is 6.45. The third-order valence-electron chi connectivity index (χ3n) is 2.25. The van der Waals surface area contributed by atoms with E-state index >= 15 is 0 Å². The summed E-state index contributed by atoms with van der Waals surface area (Å²) in [5.74, 6) is 1.48. The van der Waals surface area contributed by atoms with Gasteiger partial charge in [-0.2, -0.15) is 0 Å². The highest BCUT2D eigenvalue weighted by Crippen LogP contribution is 2.20. The Labute approximate surface area is 105 Å². The second-order valence-corrected chi connectivity index (χ2v) is 4.27. The van der Waals surface area contributed by atoms with Crippen LogP contribution in [0.1, 0.15) is 0 Å².